The average molecular weight is 255 g/mol. The highest BCUT2D eigenvalue weighted by Gasteiger charge is 2.24. The van der Waals surface area contributed by atoms with Crippen molar-refractivity contribution in [2.45, 2.75) is 6.10 Å². The van der Waals surface area contributed by atoms with Gasteiger partial charge in [-0.2, -0.15) is 8.42 Å². The zero-order chi connectivity index (χ0) is 12.8. The molecule has 0 aromatic rings. The Kier molecular flexibility index (Phi) is 5.87. The molecule has 0 fully saturated rings. The average Bonchev–Trinajstić information content (AvgIpc) is 2.13. The molecule has 1 unspecified atom stereocenters. The molecule has 0 aliphatic heterocycles. The predicted molar refractivity (Wildman–Crippen MR) is 57.8 cm³/mol. The molecule has 16 heavy (non-hydrogen) atoms. The van der Waals surface area contributed by atoms with Crippen molar-refractivity contribution in [1.82, 2.24) is 5.32 Å². The summed E-state index contributed by atoms with van der Waals surface area (Å²) in [6.07, 6.45) is -0.480. The standard InChI is InChI=1S/C8H18N2O5S/c1-10(2,6-9-7-11)4-8(12)5-16(13,14)15-3/h7-8,12H,4-6H2,1-3H3/p+1. The summed E-state index contributed by atoms with van der Waals surface area (Å²) in [5, 5.41) is 12.0. The first-order valence-electron chi connectivity index (χ1n) is 4.68. The van der Waals surface area contributed by atoms with Gasteiger partial charge < -0.3 is 14.9 Å². The van der Waals surface area contributed by atoms with E-state index in [1.807, 2.05) is 0 Å². The summed E-state index contributed by atoms with van der Waals surface area (Å²) in [5.74, 6) is -0.452. The number of nitrogens with one attached hydrogen (secondary N) is 1. The van der Waals surface area contributed by atoms with Gasteiger partial charge in [-0.05, 0) is 0 Å². The van der Waals surface area contributed by atoms with Crippen LogP contribution >= 0.6 is 0 Å². The van der Waals surface area contributed by atoms with Crippen LogP contribution in [0.25, 0.3) is 0 Å². The molecule has 0 bridgehead atoms. The summed E-state index contributed by atoms with van der Waals surface area (Å²) >= 11 is 0. The molecule has 0 spiro atoms. The lowest BCUT2D eigenvalue weighted by atomic mass is 10.3. The maximum absolute atomic E-state index is 11.0. The fourth-order valence-corrected chi connectivity index (χ4v) is 1.99. The van der Waals surface area contributed by atoms with E-state index in [1.165, 1.54) is 0 Å². The van der Waals surface area contributed by atoms with Gasteiger partial charge in [0.1, 0.15) is 18.4 Å². The molecule has 0 saturated heterocycles. The van der Waals surface area contributed by atoms with Gasteiger partial charge in [0.2, 0.25) is 6.41 Å². The summed E-state index contributed by atoms with van der Waals surface area (Å²) in [5.41, 5.74) is 0. The van der Waals surface area contributed by atoms with E-state index in [0.29, 0.717) is 13.1 Å². The molecule has 0 aromatic carbocycles. The van der Waals surface area contributed by atoms with Crippen molar-refractivity contribution in [3.8, 4) is 0 Å². The molecule has 0 aromatic heterocycles. The molecule has 7 nitrogen and oxygen atoms in total. The molecule has 0 saturated carbocycles. The highest BCUT2D eigenvalue weighted by Crippen LogP contribution is 2.02. The van der Waals surface area contributed by atoms with E-state index in [0.717, 1.165) is 7.11 Å². The summed E-state index contributed by atoms with van der Waals surface area (Å²) in [6, 6.07) is 0. The fourth-order valence-electron chi connectivity index (χ4n) is 1.28. The molecule has 0 rings (SSSR count). The van der Waals surface area contributed by atoms with Gasteiger partial charge in [0.25, 0.3) is 10.1 Å². The molecule has 1 atom stereocenters. The van der Waals surface area contributed by atoms with Gasteiger partial charge in [0.05, 0.1) is 21.2 Å². The van der Waals surface area contributed by atoms with Crippen LogP contribution in [-0.4, -0.2) is 70.7 Å². The van der Waals surface area contributed by atoms with Crippen molar-refractivity contribution in [3.63, 3.8) is 0 Å². The molecular weight excluding hydrogens is 236 g/mol. The van der Waals surface area contributed by atoms with Gasteiger partial charge in [-0.1, -0.05) is 0 Å². The van der Waals surface area contributed by atoms with Gasteiger partial charge in [-0.25, -0.2) is 0 Å². The minimum Gasteiger partial charge on any atom is -0.386 e. The zero-order valence-corrected chi connectivity index (χ0v) is 10.5. The van der Waals surface area contributed by atoms with E-state index in [9.17, 15) is 18.3 Å². The molecule has 1 amide bonds. The Hall–Kier alpha value is -0.700. The highest BCUT2D eigenvalue weighted by molar-refractivity contribution is 7.86. The van der Waals surface area contributed by atoms with E-state index in [-0.39, 0.29) is 11.0 Å². The second-order valence-corrected chi connectivity index (χ2v) is 5.93. The number of hydrogen-bond donors (Lipinski definition) is 2. The lowest BCUT2D eigenvalue weighted by molar-refractivity contribution is -0.894. The Morgan fingerprint density at radius 1 is 1.50 bits per heavy atom. The molecule has 0 aliphatic rings. The van der Waals surface area contributed by atoms with Crippen LogP contribution in [0, 0.1) is 0 Å². The Morgan fingerprint density at radius 3 is 2.50 bits per heavy atom. The first-order valence-corrected chi connectivity index (χ1v) is 6.25. The number of carbonyl (C=O) groups is 1. The normalized spacial score (nSPS) is 14.5. The maximum atomic E-state index is 11.0. The monoisotopic (exact) mass is 255 g/mol. The van der Waals surface area contributed by atoms with Crippen molar-refractivity contribution >= 4 is 16.5 Å². The van der Waals surface area contributed by atoms with E-state index in [1.54, 1.807) is 14.1 Å². The van der Waals surface area contributed by atoms with E-state index in [4.69, 9.17) is 0 Å². The van der Waals surface area contributed by atoms with Crippen molar-refractivity contribution < 1.29 is 27.0 Å². The van der Waals surface area contributed by atoms with E-state index < -0.39 is 22.0 Å². The van der Waals surface area contributed by atoms with Gasteiger partial charge >= 0.3 is 0 Å². The molecule has 0 aliphatic carbocycles. The second-order valence-electron chi connectivity index (χ2n) is 4.14. The molecule has 0 heterocycles. The summed E-state index contributed by atoms with van der Waals surface area (Å²) in [7, 11) is 0.916. The van der Waals surface area contributed by atoms with Crippen molar-refractivity contribution in [1.29, 1.82) is 0 Å². The van der Waals surface area contributed by atoms with Crippen LogP contribution in [0.1, 0.15) is 0 Å². The van der Waals surface area contributed by atoms with Crippen molar-refractivity contribution in [3.05, 3.63) is 0 Å². The molecular formula is C8H19N2O5S+. The van der Waals surface area contributed by atoms with Gasteiger partial charge in [0, 0.05) is 0 Å². The number of aliphatic hydroxyl groups is 1. The Bertz CT molecular complexity index is 314. The molecule has 96 valence electrons. The second kappa shape index (κ2) is 6.14. The molecule has 0 radical (unpaired) electrons. The SMILES string of the molecule is COS(=O)(=O)CC(O)C[N+](C)(C)CNC=O. The number of carbonyl (C=O) groups excluding carboxylic acids is 1. The first kappa shape index (κ1) is 15.3. The number of hydrogen-bond acceptors (Lipinski definition) is 5. The van der Waals surface area contributed by atoms with Gasteiger partial charge in [-0.3, -0.25) is 8.98 Å². The topological polar surface area (TPSA) is 92.7 Å². The van der Waals surface area contributed by atoms with Gasteiger partial charge in [-0.15, -0.1) is 0 Å². The van der Waals surface area contributed by atoms with Crippen LogP contribution in [0.5, 0.6) is 0 Å². The third-order valence-electron chi connectivity index (χ3n) is 1.96. The van der Waals surface area contributed by atoms with Crippen LogP contribution in [0.2, 0.25) is 0 Å². The highest BCUT2D eigenvalue weighted by atomic mass is 32.2. The first-order chi connectivity index (χ1) is 7.22. The lowest BCUT2D eigenvalue weighted by Gasteiger charge is -2.30. The number of quaternary nitrogens is 1. The Labute approximate surface area is 95.7 Å². The predicted octanol–water partition coefficient (Wildman–Crippen LogP) is -1.90. The number of nitrogens with zero attached hydrogens (tertiary/aromatic N) is 1. The third kappa shape index (κ3) is 6.72. The Morgan fingerprint density at radius 2 is 2.06 bits per heavy atom. The Balaban J connectivity index is 4.22. The summed E-state index contributed by atoms with van der Waals surface area (Å²) in [6.45, 7) is 0.511. The minimum absolute atomic E-state index is 0.198. The van der Waals surface area contributed by atoms with Crippen LogP contribution in [0.15, 0.2) is 0 Å². The van der Waals surface area contributed by atoms with Crippen LogP contribution in [0.3, 0.4) is 0 Å². The van der Waals surface area contributed by atoms with Crippen LogP contribution in [0.4, 0.5) is 0 Å². The third-order valence-corrected chi connectivity index (χ3v) is 3.26. The quantitative estimate of drug-likeness (QED) is 0.229. The van der Waals surface area contributed by atoms with E-state index in [2.05, 4.69) is 9.50 Å². The number of amides is 1. The van der Waals surface area contributed by atoms with Crippen molar-refractivity contribution in [2.24, 2.45) is 0 Å². The largest absolute Gasteiger partial charge is 0.386 e. The summed E-state index contributed by atoms with van der Waals surface area (Å²) in [4.78, 5) is 10.1. The smallest absolute Gasteiger partial charge is 0.269 e. The number of aliphatic hydroxyl groups excluding tert-OH is 1. The fraction of sp³-hybridized carbons (Fsp3) is 0.875. The van der Waals surface area contributed by atoms with Gasteiger partial charge in [0.15, 0.2) is 6.67 Å². The van der Waals surface area contributed by atoms with E-state index >= 15 is 0 Å². The van der Waals surface area contributed by atoms with Crippen molar-refractivity contribution in [2.75, 3.05) is 40.2 Å². The lowest BCUT2D eigenvalue weighted by Crippen LogP contribution is -2.51. The summed E-state index contributed by atoms with van der Waals surface area (Å²) < 4.78 is 26.6. The zero-order valence-electron chi connectivity index (χ0n) is 9.71. The van der Waals surface area contributed by atoms with Crippen LogP contribution in [-0.2, 0) is 19.1 Å². The molecule has 2 N–H and O–H groups in total. The minimum atomic E-state index is -3.66. The maximum Gasteiger partial charge on any atom is 0.269 e. The molecule has 8 heteroatoms. The number of rotatable bonds is 8. The number of likely N-dealkylation sites (N-methyl/N-ethyl adjacent to an activating group) is 1. The van der Waals surface area contributed by atoms with Crippen LogP contribution < -0.4 is 5.32 Å².